The van der Waals surface area contributed by atoms with Gasteiger partial charge in [0.1, 0.15) is 12.9 Å². The molecule has 0 N–H and O–H groups in total. The van der Waals surface area contributed by atoms with Gasteiger partial charge in [0.05, 0.1) is 0 Å². The third-order valence-electron chi connectivity index (χ3n) is 5.49. The van der Waals surface area contributed by atoms with Crippen LogP contribution < -0.4 is 4.74 Å². The Labute approximate surface area is 162 Å². The lowest BCUT2D eigenvalue weighted by Gasteiger charge is -2.28. The summed E-state index contributed by atoms with van der Waals surface area (Å²) in [5.41, 5.74) is 3.99. The molecule has 8 heteroatoms. The smallest absolute Gasteiger partial charge is 0.236 e. The van der Waals surface area contributed by atoms with Gasteiger partial charge in [0.15, 0.2) is 17.3 Å². The van der Waals surface area contributed by atoms with E-state index in [4.69, 9.17) is 9.84 Å². The van der Waals surface area contributed by atoms with Crippen LogP contribution in [0.3, 0.4) is 0 Å². The molecule has 3 heterocycles. The van der Waals surface area contributed by atoms with Gasteiger partial charge < -0.3 is 4.74 Å². The summed E-state index contributed by atoms with van der Waals surface area (Å²) in [6, 6.07) is 9.96. The molecule has 0 radical (unpaired) electrons. The molecule has 1 aromatic carbocycles. The van der Waals surface area contributed by atoms with E-state index in [0.717, 1.165) is 41.0 Å². The molecule has 5 rings (SSSR count). The minimum atomic E-state index is 0.316. The summed E-state index contributed by atoms with van der Waals surface area (Å²) in [6.07, 6.45) is 5.07. The molecule has 1 aliphatic carbocycles. The predicted octanol–water partition coefficient (Wildman–Crippen LogP) is 3.07. The molecule has 3 aromatic heterocycles. The second-order valence-electron chi connectivity index (χ2n) is 7.19. The number of aromatic nitrogens is 7. The normalized spacial score (nSPS) is 14.4. The highest BCUT2D eigenvalue weighted by molar-refractivity contribution is 5.62. The Bertz CT molecular complexity index is 1130. The third-order valence-corrected chi connectivity index (χ3v) is 5.49. The fourth-order valence-corrected chi connectivity index (χ4v) is 3.67. The zero-order valence-corrected chi connectivity index (χ0v) is 15.9. The van der Waals surface area contributed by atoms with Crippen molar-refractivity contribution in [3.05, 3.63) is 53.6 Å². The van der Waals surface area contributed by atoms with Gasteiger partial charge in [-0.3, -0.25) is 4.68 Å². The lowest BCUT2D eigenvalue weighted by Crippen LogP contribution is -2.16. The standard InChI is InChI=1S/C20H21N7O/c1-13-17(14-9-6-10-14)20(28-11-16-21-12-22-26(16)2)25-27-18(13)23-24-19(27)15-7-4-3-5-8-15/h3-5,7-8,12,14H,6,9-11H2,1-2H3. The Morgan fingerprint density at radius 3 is 2.64 bits per heavy atom. The van der Waals surface area contributed by atoms with Crippen molar-refractivity contribution in [1.82, 2.24) is 34.6 Å². The van der Waals surface area contributed by atoms with Crippen LogP contribution >= 0.6 is 0 Å². The van der Waals surface area contributed by atoms with Gasteiger partial charge in [-0.1, -0.05) is 36.8 Å². The Balaban J connectivity index is 1.62. The quantitative estimate of drug-likeness (QED) is 0.533. The molecular formula is C20H21N7O. The molecular weight excluding hydrogens is 354 g/mol. The van der Waals surface area contributed by atoms with Crippen LogP contribution in [-0.2, 0) is 13.7 Å². The van der Waals surface area contributed by atoms with Gasteiger partial charge in [0.25, 0.3) is 0 Å². The Hall–Kier alpha value is -3.29. The van der Waals surface area contributed by atoms with E-state index < -0.39 is 0 Å². The minimum absolute atomic E-state index is 0.316. The maximum atomic E-state index is 6.16. The first-order valence-corrected chi connectivity index (χ1v) is 9.49. The molecule has 0 spiro atoms. The number of fused-ring (bicyclic) bond motifs is 1. The van der Waals surface area contributed by atoms with Gasteiger partial charge in [-0.25, -0.2) is 4.98 Å². The highest BCUT2D eigenvalue weighted by atomic mass is 16.5. The fourth-order valence-electron chi connectivity index (χ4n) is 3.67. The summed E-state index contributed by atoms with van der Waals surface area (Å²) in [6.45, 7) is 2.40. The molecule has 1 saturated carbocycles. The summed E-state index contributed by atoms with van der Waals surface area (Å²) >= 11 is 0. The van der Waals surface area contributed by atoms with Crippen molar-refractivity contribution < 1.29 is 4.74 Å². The number of rotatable bonds is 5. The van der Waals surface area contributed by atoms with Crippen molar-refractivity contribution in [3.63, 3.8) is 0 Å². The lowest BCUT2D eigenvalue weighted by molar-refractivity contribution is 0.263. The molecule has 0 amide bonds. The second kappa shape index (κ2) is 6.70. The first kappa shape index (κ1) is 16.9. The SMILES string of the molecule is Cc1c(C2CCC2)c(OCc2ncnn2C)nn2c(-c3ccccc3)nnc12. The van der Waals surface area contributed by atoms with Crippen LogP contribution in [0.4, 0.5) is 0 Å². The van der Waals surface area contributed by atoms with E-state index >= 15 is 0 Å². The van der Waals surface area contributed by atoms with E-state index in [1.54, 1.807) is 9.20 Å². The predicted molar refractivity (Wildman–Crippen MR) is 103 cm³/mol. The fraction of sp³-hybridized carbons (Fsp3) is 0.350. The van der Waals surface area contributed by atoms with Crippen LogP contribution in [-0.4, -0.2) is 34.6 Å². The zero-order chi connectivity index (χ0) is 19.1. The Morgan fingerprint density at radius 2 is 1.96 bits per heavy atom. The largest absolute Gasteiger partial charge is 0.468 e. The third kappa shape index (κ3) is 2.72. The summed E-state index contributed by atoms with van der Waals surface area (Å²) in [4.78, 5) is 4.25. The summed E-state index contributed by atoms with van der Waals surface area (Å²) in [5, 5.41) is 17.8. The van der Waals surface area contributed by atoms with Gasteiger partial charge in [-0.05, 0) is 25.7 Å². The molecule has 0 bridgehead atoms. The van der Waals surface area contributed by atoms with Crippen molar-refractivity contribution >= 4 is 5.65 Å². The summed E-state index contributed by atoms with van der Waals surface area (Å²) in [5.74, 6) is 2.56. The summed E-state index contributed by atoms with van der Waals surface area (Å²) < 4.78 is 9.66. The number of aryl methyl sites for hydroxylation is 2. The average molecular weight is 375 g/mol. The number of hydrogen-bond donors (Lipinski definition) is 0. The number of nitrogens with zero attached hydrogens (tertiary/aromatic N) is 7. The molecule has 0 unspecified atom stereocenters. The maximum Gasteiger partial charge on any atom is 0.236 e. The Kier molecular flexibility index (Phi) is 4.03. The monoisotopic (exact) mass is 375 g/mol. The van der Waals surface area contributed by atoms with Crippen molar-refractivity contribution in [2.45, 2.75) is 38.7 Å². The maximum absolute atomic E-state index is 6.16. The Morgan fingerprint density at radius 1 is 1.14 bits per heavy atom. The highest BCUT2D eigenvalue weighted by Gasteiger charge is 2.29. The van der Waals surface area contributed by atoms with Crippen LogP contribution in [0.15, 0.2) is 36.7 Å². The minimum Gasteiger partial charge on any atom is -0.468 e. The molecule has 0 atom stereocenters. The van der Waals surface area contributed by atoms with Gasteiger partial charge in [0, 0.05) is 23.7 Å². The molecule has 0 saturated heterocycles. The molecule has 28 heavy (non-hydrogen) atoms. The van der Waals surface area contributed by atoms with E-state index in [0.29, 0.717) is 24.2 Å². The molecule has 0 aliphatic heterocycles. The molecule has 8 nitrogen and oxygen atoms in total. The topological polar surface area (TPSA) is 83.0 Å². The van der Waals surface area contributed by atoms with E-state index in [-0.39, 0.29) is 0 Å². The van der Waals surface area contributed by atoms with Gasteiger partial charge >= 0.3 is 0 Å². The lowest BCUT2D eigenvalue weighted by atomic mass is 9.79. The van der Waals surface area contributed by atoms with Crippen LogP contribution in [0, 0.1) is 6.92 Å². The molecule has 1 aliphatic rings. The number of benzene rings is 1. The van der Waals surface area contributed by atoms with Crippen molar-refractivity contribution in [1.29, 1.82) is 0 Å². The first-order chi connectivity index (χ1) is 13.7. The zero-order valence-electron chi connectivity index (χ0n) is 15.9. The van der Waals surface area contributed by atoms with Gasteiger partial charge in [-0.2, -0.15) is 9.61 Å². The van der Waals surface area contributed by atoms with Crippen molar-refractivity contribution in [2.24, 2.45) is 7.05 Å². The van der Waals surface area contributed by atoms with Crippen molar-refractivity contribution in [2.75, 3.05) is 0 Å². The van der Waals surface area contributed by atoms with E-state index in [1.165, 1.54) is 12.7 Å². The van der Waals surface area contributed by atoms with Crippen LogP contribution in [0.5, 0.6) is 5.88 Å². The van der Waals surface area contributed by atoms with E-state index in [2.05, 4.69) is 27.2 Å². The van der Waals surface area contributed by atoms with Crippen LogP contribution in [0.25, 0.3) is 17.0 Å². The number of hydrogen-bond acceptors (Lipinski definition) is 6. The van der Waals surface area contributed by atoms with E-state index in [1.807, 2.05) is 37.4 Å². The van der Waals surface area contributed by atoms with E-state index in [9.17, 15) is 0 Å². The van der Waals surface area contributed by atoms with Gasteiger partial charge in [0.2, 0.25) is 5.88 Å². The molecule has 1 fully saturated rings. The van der Waals surface area contributed by atoms with Gasteiger partial charge in [-0.15, -0.1) is 15.3 Å². The van der Waals surface area contributed by atoms with Crippen LogP contribution in [0.1, 0.15) is 42.1 Å². The molecule has 142 valence electrons. The first-order valence-electron chi connectivity index (χ1n) is 9.49. The number of ether oxygens (including phenoxy) is 1. The van der Waals surface area contributed by atoms with Crippen LogP contribution in [0.2, 0.25) is 0 Å². The van der Waals surface area contributed by atoms with Crippen molar-refractivity contribution in [3.8, 4) is 17.3 Å². The molecule has 4 aromatic rings. The average Bonchev–Trinajstić information content (AvgIpc) is 3.28. The summed E-state index contributed by atoms with van der Waals surface area (Å²) in [7, 11) is 1.85. The highest BCUT2D eigenvalue weighted by Crippen LogP contribution is 2.42. The second-order valence-corrected chi connectivity index (χ2v) is 7.19.